The van der Waals surface area contributed by atoms with Crippen molar-refractivity contribution in [1.82, 2.24) is 4.31 Å². The zero-order valence-electron chi connectivity index (χ0n) is 13.9. The first-order valence-electron chi connectivity index (χ1n) is 7.71. The Morgan fingerprint density at radius 3 is 2.08 bits per heavy atom. The second-order valence-electron chi connectivity index (χ2n) is 4.92. The number of rotatable bonds is 11. The Balaban J connectivity index is 2.66. The fourth-order valence-corrected chi connectivity index (χ4v) is 8.47. The zero-order valence-corrected chi connectivity index (χ0v) is 18.2. The van der Waals surface area contributed by atoms with Crippen LogP contribution in [0.1, 0.15) is 27.2 Å². The summed E-state index contributed by atoms with van der Waals surface area (Å²) in [5.41, 5.74) is 0. The molecule has 0 aromatic heterocycles. The minimum Gasteiger partial charge on any atom is -0.374 e. The smallest absolute Gasteiger partial charge is 0.374 e. The van der Waals surface area contributed by atoms with Crippen molar-refractivity contribution in [3.05, 3.63) is 0 Å². The van der Waals surface area contributed by atoms with E-state index in [1.165, 1.54) is 4.31 Å². The summed E-state index contributed by atoms with van der Waals surface area (Å²) in [5.74, 6) is -0.376. The predicted molar refractivity (Wildman–Crippen MR) is 97.4 cm³/mol. The number of hydrogen-bond acceptors (Lipinski definition) is 7. The molecule has 1 aliphatic heterocycles. The van der Waals surface area contributed by atoms with Crippen molar-refractivity contribution in [2.45, 2.75) is 42.6 Å². The van der Waals surface area contributed by atoms with Gasteiger partial charge in [0.25, 0.3) is 10.1 Å². The van der Waals surface area contributed by atoms with Gasteiger partial charge in [-0.15, -0.1) is 0 Å². The average Bonchev–Trinajstić information content (AvgIpc) is 2.76. The van der Waals surface area contributed by atoms with E-state index in [2.05, 4.69) is 15.9 Å². The summed E-state index contributed by atoms with van der Waals surface area (Å²) in [6.07, 6.45) is 0.545. The van der Waals surface area contributed by atoms with Crippen LogP contribution in [0.25, 0.3) is 0 Å². The number of amides is 1. The van der Waals surface area contributed by atoms with Gasteiger partial charge >= 0.3 is 8.80 Å². The van der Waals surface area contributed by atoms with Crippen molar-refractivity contribution >= 4 is 52.7 Å². The minimum absolute atomic E-state index is 0.319. The molecule has 0 radical (unpaired) electrons. The Hall–Kier alpha value is 0.307. The van der Waals surface area contributed by atoms with E-state index in [0.717, 1.165) is 11.9 Å². The van der Waals surface area contributed by atoms with Crippen molar-refractivity contribution in [1.29, 1.82) is 0 Å². The molecule has 1 fully saturated rings. The number of nitrogens with zero attached hydrogens (tertiary/aromatic N) is 1. The van der Waals surface area contributed by atoms with Crippen LogP contribution in [0.3, 0.4) is 0 Å². The lowest BCUT2D eigenvalue weighted by Crippen LogP contribution is -2.46. The highest BCUT2D eigenvalue weighted by molar-refractivity contribution is 9.10. The molecule has 1 saturated heterocycles. The summed E-state index contributed by atoms with van der Waals surface area (Å²) in [7, 11) is -7.10. The van der Waals surface area contributed by atoms with E-state index in [-0.39, 0.29) is 5.91 Å². The summed E-state index contributed by atoms with van der Waals surface area (Å²) in [6.45, 7) is 7.33. The highest BCUT2D eigenvalue weighted by atomic mass is 79.9. The first kappa shape index (κ1) is 22.3. The van der Waals surface area contributed by atoms with Crippen LogP contribution in [0, 0.1) is 0 Å². The predicted octanol–water partition coefficient (Wildman–Crippen LogP) is 1.89. The standard InChI is InChI=1S/C12H24BrNO7S2Si/c1-4-19-24(20-5-2,21-6-3)9-7-8-14-11(15)10(13)12(22-14)23(16,17)18/h10,12H,4-9H2,1-3H3,(H,16,17,18). The van der Waals surface area contributed by atoms with E-state index in [1.54, 1.807) is 0 Å². The Labute approximate surface area is 157 Å². The van der Waals surface area contributed by atoms with Gasteiger partial charge in [-0.2, -0.15) is 8.42 Å². The molecule has 0 saturated carbocycles. The van der Waals surface area contributed by atoms with Crippen molar-refractivity contribution in [2.75, 3.05) is 26.4 Å². The van der Waals surface area contributed by atoms with Crippen LogP contribution in [0.5, 0.6) is 0 Å². The molecule has 0 aromatic rings. The van der Waals surface area contributed by atoms with Gasteiger partial charge in [0, 0.05) is 32.4 Å². The molecular formula is C12H24BrNO7S2Si. The molecule has 2 atom stereocenters. The Kier molecular flexibility index (Phi) is 9.18. The minimum atomic E-state index is -4.31. The third-order valence-electron chi connectivity index (χ3n) is 3.18. The molecule has 1 rings (SSSR count). The summed E-state index contributed by atoms with van der Waals surface area (Å²) >= 11 is 3.85. The zero-order chi connectivity index (χ0) is 18.4. The Morgan fingerprint density at radius 2 is 1.71 bits per heavy atom. The first-order chi connectivity index (χ1) is 11.2. The second kappa shape index (κ2) is 9.85. The lowest BCUT2D eigenvalue weighted by molar-refractivity contribution is -0.124. The second-order valence-corrected chi connectivity index (χ2v) is 11.6. The molecule has 142 valence electrons. The fraction of sp³-hybridized carbons (Fsp3) is 0.917. The van der Waals surface area contributed by atoms with E-state index < -0.39 is 28.3 Å². The van der Waals surface area contributed by atoms with Crippen molar-refractivity contribution < 1.29 is 31.0 Å². The molecule has 0 aliphatic carbocycles. The molecule has 1 amide bonds. The summed E-state index contributed by atoms with van der Waals surface area (Å²) < 4.78 is 49.1. The maximum atomic E-state index is 12.1. The lowest BCUT2D eigenvalue weighted by atomic mass is 10.4. The van der Waals surface area contributed by atoms with E-state index in [4.69, 9.17) is 13.3 Å². The van der Waals surface area contributed by atoms with Gasteiger partial charge in [-0.25, -0.2) is 0 Å². The third-order valence-corrected chi connectivity index (χ3v) is 10.9. The third kappa shape index (κ3) is 5.94. The van der Waals surface area contributed by atoms with Crippen molar-refractivity contribution in [3.8, 4) is 0 Å². The van der Waals surface area contributed by atoms with Crippen LogP contribution in [0.4, 0.5) is 0 Å². The van der Waals surface area contributed by atoms with E-state index in [9.17, 15) is 17.8 Å². The number of carbonyl (C=O) groups is 1. The van der Waals surface area contributed by atoms with E-state index >= 15 is 0 Å². The fourth-order valence-electron chi connectivity index (χ4n) is 2.29. The van der Waals surface area contributed by atoms with Crippen LogP contribution in [-0.4, -0.2) is 67.8 Å². The SMILES string of the molecule is CCO[Si](CCCN1SC(S(=O)(=O)O)C(Br)C1=O)(OCC)OCC. The number of carbonyl (C=O) groups excluding carboxylic acids is 1. The van der Waals surface area contributed by atoms with Crippen LogP contribution in [0.15, 0.2) is 0 Å². The van der Waals surface area contributed by atoms with Gasteiger partial charge in [-0.1, -0.05) is 15.9 Å². The largest absolute Gasteiger partial charge is 0.500 e. The van der Waals surface area contributed by atoms with Gasteiger partial charge in [0.2, 0.25) is 5.91 Å². The summed E-state index contributed by atoms with van der Waals surface area (Å²) in [5, 5.41) is 0. The maximum Gasteiger partial charge on any atom is 0.500 e. The van der Waals surface area contributed by atoms with Gasteiger partial charge < -0.3 is 13.3 Å². The first-order valence-corrected chi connectivity index (χ1v) is 12.9. The quantitative estimate of drug-likeness (QED) is 0.213. The molecule has 1 N–H and O–H groups in total. The van der Waals surface area contributed by atoms with Crippen molar-refractivity contribution in [2.24, 2.45) is 0 Å². The Bertz CT molecular complexity index is 505. The molecule has 8 nitrogen and oxygen atoms in total. The molecule has 24 heavy (non-hydrogen) atoms. The summed E-state index contributed by atoms with van der Waals surface area (Å²) in [6, 6.07) is 0.524. The molecule has 2 unspecified atom stereocenters. The normalized spacial score (nSPS) is 22.4. The molecule has 0 bridgehead atoms. The highest BCUT2D eigenvalue weighted by Gasteiger charge is 2.47. The van der Waals surface area contributed by atoms with Gasteiger partial charge in [-0.05, 0) is 39.1 Å². The van der Waals surface area contributed by atoms with Crippen LogP contribution in [-0.2, 0) is 28.2 Å². The Morgan fingerprint density at radius 1 is 1.21 bits per heavy atom. The molecule has 0 spiro atoms. The van der Waals surface area contributed by atoms with Gasteiger partial charge in [0.15, 0.2) is 4.58 Å². The number of alkyl halides is 1. The molecule has 1 heterocycles. The molecule has 0 aromatic carbocycles. The topological polar surface area (TPSA) is 102 Å². The monoisotopic (exact) mass is 465 g/mol. The lowest BCUT2D eigenvalue weighted by Gasteiger charge is -2.29. The van der Waals surface area contributed by atoms with Crippen LogP contribution < -0.4 is 0 Å². The van der Waals surface area contributed by atoms with E-state index in [0.29, 0.717) is 38.8 Å². The number of halogens is 1. The number of hydrogen-bond donors (Lipinski definition) is 1. The molecule has 12 heteroatoms. The molecular weight excluding hydrogens is 442 g/mol. The van der Waals surface area contributed by atoms with E-state index in [1.807, 2.05) is 20.8 Å². The maximum absolute atomic E-state index is 12.1. The molecule has 1 aliphatic rings. The van der Waals surface area contributed by atoms with Crippen molar-refractivity contribution in [3.63, 3.8) is 0 Å². The van der Waals surface area contributed by atoms with Crippen LogP contribution >= 0.6 is 27.9 Å². The highest BCUT2D eigenvalue weighted by Crippen LogP contribution is 2.37. The summed E-state index contributed by atoms with van der Waals surface area (Å²) in [4.78, 5) is 11.1. The van der Waals surface area contributed by atoms with Gasteiger partial charge in [0.1, 0.15) is 4.83 Å². The average molecular weight is 466 g/mol. The van der Waals surface area contributed by atoms with Gasteiger partial charge in [0.05, 0.1) is 0 Å². The van der Waals surface area contributed by atoms with Gasteiger partial charge in [-0.3, -0.25) is 13.7 Å². The van der Waals surface area contributed by atoms with Crippen LogP contribution in [0.2, 0.25) is 6.04 Å².